The monoisotopic (exact) mass is 296 g/mol. The molecule has 0 unspecified atom stereocenters. The van der Waals surface area contributed by atoms with E-state index in [1.54, 1.807) is 3.69 Å². The Morgan fingerprint density at radius 2 is 1.75 bits per heavy atom. The van der Waals surface area contributed by atoms with Crippen LogP contribution >= 0.6 is 17.0 Å². The molecule has 1 saturated heterocycles. The van der Waals surface area contributed by atoms with E-state index in [-0.39, 0.29) is 37.3 Å². The van der Waals surface area contributed by atoms with Crippen LogP contribution in [0.25, 0.3) is 0 Å². The Bertz CT molecular complexity index is 229. The summed E-state index contributed by atoms with van der Waals surface area (Å²) in [4.78, 5) is 0. The number of rotatable bonds is 3. The van der Waals surface area contributed by atoms with Gasteiger partial charge in [0.2, 0.25) is 0 Å². The van der Waals surface area contributed by atoms with Gasteiger partial charge in [0.05, 0.1) is 0 Å². The average molecular weight is 298 g/mol. The minimum absolute atomic E-state index is 0. The fraction of sp³-hybridized carbons (Fsp3) is 0.538. The molecule has 0 N–H and O–H groups in total. The summed E-state index contributed by atoms with van der Waals surface area (Å²) >= 11 is 0.0886. The summed E-state index contributed by atoms with van der Waals surface area (Å²) in [5.41, 5.74) is 0. The summed E-state index contributed by atoms with van der Waals surface area (Å²) in [6.07, 6.45) is 3.90. The Morgan fingerprint density at radius 1 is 1.12 bits per heavy atom. The quantitative estimate of drug-likeness (QED) is 0.779. The van der Waals surface area contributed by atoms with Gasteiger partial charge in [-0.25, -0.2) is 0 Å². The lowest BCUT2D eigenvalue weighted by atomic mass is 10.4. The maximum absolute atomic E-state index is 4.94. The van der Waals surface area contributed by atoms with Crippen LogP contribution in [0.3, 0.4) is 0 Å². The summed E-state index contributed by atoms with van der Waals surface area (Å²) < 4.78 is 7.99. The first-order chi connectivity index (χ1) is 7.43. The molecular weight excluding hydrogens is 276 g/mol. The fourth-order valence-corrected chi connectivity index (χ4v) is 2.90. The highest BCUT2D eigenvalue weighted by Crippen LogP contribution is 1.98. The topological polar surface area (TPSA) is 9.23 Å². The van der Waals surface area contributed by atoms with Gasteiger partial charge in [-0.05, 0) is 12.8 Å². The summed E-state index contributed by atoms with van der Waals surface area (Å²) in [5.74, 6) is 0. The molecule has 1 aliphatic heterocycles. The van der Waals surface area contributed by atoms with E-state index in [9.17, 15) is 0 Å². The van der Waals surface area contributed by atoms with E-state index in [1.165, 1.54) is 23.8 Å². The lowest BCUT2D eigenvalue weighted by Gasteiger charge is -1.94. The number of halogens is 1. The van der Waals surface area contributed by atoms with Crippen LogP contribution < -0.4 is 3.69 Å². The SMILES string of the molecule is Br.C1CCOC1.CC[CH2][Mg][c]1ccccc1. The van der Waals surface area contributed by atoms with E-state index in [4.69, 9.17) is 4.74 Å². The second-order valence-electron chi connectivity index (χ2n) is 3.91. The van der Waals surface area contributed by atoms with Crippen molar-refractivity contribution in [2.24, 2.45) is 0 Å². The summed E-state index contributed by atoms with van der Waals surface area (Å²) in [6, 6.07) is 10.9. The standard InChI is InChI=1S/C6H5.C4H8O.C3H7.BrH.Mg/c1-2-4-6-5-3-1;1-2-4-5-3-1;1-3-2;;/h1-5H;1-4H2;1,3H2,2H3;1H;. The summed E-state index contributed by atoms with van der Waals surface area (Å²) in [6.45, 7) is 4.26. The lowest BCUT2D eigenvalue weighted by Crippen LogP contribution is -2.11. The Balaban J connectivity index is 0.000000318. The van der Waals surface area contributed by atoms with Gasteiger partial charge in [-0.2, -0.15) is 3.69 Å². The van der Waals surface area contributed by atoms with Crippen molar-refractivity contribution in [3.63, 3.8) is 0 Å². The van der Waals surface area contributed by atoms with Gasteiger partial charge >= 0.3 is 20.4 Å². The molecule has 0 aliphatic carbocycles. The third-order valence-corrected chi connectivity index (χ3v) is 4.60. The van der Waals surface area contributed by atoms with E-state index >= 15 is 0 Å². The van der Waals surface area contributed by atoms with Crippen molar-refractivity contribution in [3.8, 4) is 0 Å². The third-order valence-electron chi connectivity index (χ3n) is 2.49. The molecule has 1 nitrogen and oxygen atoms in total. The number of hydrogen-bond acceptors (Lipinski definition) is 1. The van der Waals surface area contributed by atoms with Gasteiger partial charge in [0.1, 0.15) is 0 Å². The van der Waals surface area contributed by atoms with Crippen LogP contribution in [-0.2, 0) is 4.74 Å². The van der Waals surface area contributed by atoms with Crippen LogP contribution in [0.15, 0.2) is 30.3 Å². The van der Waals surface area contributed by atoms with E-state index in [0.717, 1.165) is 13.2 Å². The van der Waals surface area contributed by atoms with Crippen molar-refractivity contribution in [1.29, 1.82) is 0 Å². The molecule has 0 spiro atoms. The maximum atomic E-state index is 4.94. The number of ether oxygens (including phenoxy) is 1. The molecule has 1 aromatic carbocycles. The molecule has 3 heteroatoms. The highest BCUT2D eigenvalue weighted by atomic mass is 79.9. The fourth-order valence-electron chi connectivity index (χ4n) is 1.54. The van der Waals surface area contributed by atoms with E-state index in [1.807, 2.05) is 0 Å². The van der Waals surface area contributed by atoms with Crippen molar-refractivity contribution in [2.45, 2.75) is 30.7 Å². The van der Waals surface area contributed by atoms with Crippen molar-refractivity contribution in [1.82, 2.24) is 0 Å². The number of hydrogen-bond donors (Lipinski definition) is 0. The zero-order valence-electron chi connectivity index (χ0n) is 10.2. The molecule has 0 atom stereocenters. The van der Waals surface area contributed by atoms with Crippen LogP contribution in [0.2, 0.25) is 4.55 Å². The first-order valence-electron chi connectivity index (χ1n) is 6.05. The van der Waals surface area contributed by atoms with Gasteiger partial charge in [-0.1, -0.05) is 43.7 Å². The predicted molar refractivity (Wildman–Crippen MR) is 77.3 cm³/mol. The van der Waals surface area contributed by atoms with Crippen LogP contribution in [0.4, 0.5) is 0 Å². The van der Waals surface area contributed by atoms with Gasteiger partial charge in [-0.3, -0.25) is 0 Å². The Kier molecular flexibility index (Phi) is 12.2. The van der Waals surface area contributed by atoms with Crippen LogP contribution in [0.5, 0.6) is 0 Å². The Labute approximate surface area is 119 Å². The minimum Gasteiger partial charge on any atom is -0.381 e. The molecule has 1 heterocycles. The van der Waals surface area contributed by atoms with Crippen LogP contribution in [0, 0.1) is 0 Å². The van der Waals surface area contributed by atoms with Crippen LogP contribution in [-0.4, -0.2) is 33.6 Å². The molecule has 0 saturated carbocycles. The normalized spacial score (nSPS) is 13.1. The van der Waals surface area contributed by atoms with Crippen molar-refractivity contribution in [3.05, 3.63) is 30.3 Å². The molecule has 88 valence electrons. The van der Waals surface area contributed by atoms with Gasteiger partial charge in [0.25, 0.3) is 0 Å². The number of benzene rings is 1. The van der Waals surface area contributed by atoms with Crippen molar-refractivity contribution >= 4 is 41.0 Å². The summed E-state index contributed by atoms with van der Waals surface area (Å²) in [5, 5.41) is 0. The molecule has 16 heavy (non-hydrogen) atoms. The van der Waals surface area contributed by atoms with Crippen molar-refractivity contribution < 1.29 is 4.74 Å². The van der Waals surface area contributed by atoms with Gasteiger partial charge < -0.3 is 4.74 Å². The average Bonchev–Trinajstić information content (AvgIpc) is 2.86. The van der Waals surface area contributed by atoms with E-state index in [0.29, 0.717) is 0 Å². The maximum Gasteiger partial charge on any atom is 0.408 e. The molecule has 1 fully saturated rings. The van der Waals surface area contributed by atoms with Gasteiger partial charge in [0.15, 0.2) is 0 Å². The third kappa shape index (κ3) is 8.56. The zero-order chi connectivity index (χ0) is 10.8. The Morgan fingerprint density at radius 3 is 2.19 bits per heavy atom. The molecule has 1 aromatic rings. The first-order valence-corrected chi connectivity index (χ1v) is 7.76. The predicted octanol–water partition coefficient (Wildman–Crippen LogP) is 3.22. The zero-order valence-corrected chi connectivity index (χ0v) is 13.3. The molecule has 1 aliphatic rings. The van der Waals surface area contributed by atoms with E-state index < -0.39 is 0 Å². The largest absolute Gasteiger partial charge is 0.408 e. The second-order valence-corrected chi connectivity index (χ2v) is 5.93. The van der Waals surface area contributed by atoms with Crippen molar-refractivity contribution in [2.75, 3.05) is 13.2 Å². The highest BCUT2D eigenvalue weighted by molar-refractivity contribution is 8.93. The molecule has 0 amide bonds. The first kappa shape index (κ1) is 16.4. The highest BCUT2D eigenvalue weighted by Gasteiger charge is 1.95. The Hall–Kier alpha value is 0.426. The molecular formula is C13H21BrMgO. The van der Waals surface area contributed by atoms with E-state index in [2.05, 4.69) is 37.3 Å². The lowest BCUT2D eigenvalue weighted by molar-refractivity contribution is 0.198. The molecule has 2 rings (SSSR count). The van der Waals surface area contributed by atoms with Crippen LogP contribution in [0.1, 0.15) is 26.2 Å². The summed E-state index contributed by atoms with van der Waals surface area (Å²) in [7, 11) is 0. The molecule has 0 aromatic heterocycles. The van der Waals surface area contributed by atoms with Gasteiger partial charge in [0, 0.05) is 13.2 Å². The molecule has 0 bridgehead atoms. The minimum atomic E-state index is 0. The smallest absolute Gasteiger partial charge is 0.381 e. The second kappa shape index (κ2) is 11.9. The van der Waals surface area contributed by atoms with Gasteiger partial charge in [-0.15, -0.1) is 21.5 Å². The molecule has 0 radical (unpaired) electrons.